The predicted molar refractivity (Wildman–Crippen MR) is 68.4 cm³/mol. The number of hydrogen-bond donors (Lipinski definition) is 1. The summed E-state index contributed by atoms with van der Waals surface area (Å²) in [5.41, 5.74) is 2.63. The molecule has 3 nitrogen and oxygen atoms in total. The molecule has 92 valence electrons. The van der Waals surface area contributed by atoms with E-state index in [-0.39, 0.29) is 12.0 Å². The first-order valence-corrected chi connectivity index (χ1v) is 5.63. The normalized spacial score (nSPS) is 13.6. The van der Waals surface area contributed by atoms with Gasteiger partial charge in [0.05, 0.1) is 12.7 Å². The number of ether oxygens (including phenoxy) is 1. The first-order valence-electron chi connectivity index (χ1n) is 5.63. The summed E-state index contributed by atoms with van der Waals surface area (Å²) in [6, 6.07) is 10.3. The third kappa shape index (κ3) is 3.63. The molecule has 0 saturated heterocycles. The highest BCUT2D eigenvalue weighted by atomic mass is 16.5. The van der Waals surface area contributed by atoms with Crippen LogP contribution in [0.2, 0.25) is 0 Å². The zero-order chi connectivity index (χ0) is 12.8. The van der Waals surface area contributed by atoms with Crippen LogP contribution in [0.3, 0.4) is 0 Å². The van der Waals surface area contributed by atoms with Crippen LogP contribution in [0.25, 0.3) is 0 Å². The Morgan fingerprint density at radius 1 is 1.24 bits per heavy atom. The van der Waals surface area contributed by atoms with Crippen LogP contribution < -0.4 is 5.32 Å². The monoisotopic (exact) mass is 233 g/mol. The topological polar surface area (TPSA) is 38.3 Å². The van der Waals surface area contributed by atoms with Crippen LogP contribution >= 0.6 is 0 Å². The summed E-state index contributed by atoms with van der Waals surface area (Å²) in [5.74, 6) is -0.296. The quantitative estimate of drug-likeness (QED) is 0.642. The van der Waals surface area contributed by atoms with Crippen LogP contribution in [0.15, 0.2) is 41.6 Å². The number of hydrogen-bond acceptors (Lipinski definition) is 3. The van der Waals surface area contributed by atoms with Crippen LogP contribution in [-0.4, -0.2) is 13.1 Å². The van der Waals surface area contributed by atoms with E-state index in [0.29, 0.717) is 5.57 Å². The number of allylic oxidation sites excluding steroid dienone is 1. The van der Waals surface area contributed by atoms with Crippen molar-refractivity contribution in [2.24, 2.45) is 0 Å². The zero-order valence-corrected chi connectivity index (χ0v) is 10.8. The second-order valence-electron chi connectivity index (χ2n) is 4.02. The molecule has 0 aliphatic carbocycles. The molecular formula is C14H19NO2. The molecule has 0 aliphatic rings. The zero-order valence-electron chi connectivity index (χ0n) is 10.8. The standard InChI is InChI=1S/C14H19NO2/c1-10(14(16)17-4)11(2)15-12(3)13-8-6-5-7-9-13/h5-9,12,15H,1-4H3/b11-10-/t12-/m1/s1. The van der Waals surface area contributed by atoms with Gasteiger partial charge in [-0.1, -0.05) is 30.3 Å². The van der Waals surface area contributed by atoms with E-state index in [9.17, 15) is 4.79 Å². The molecule has 1 N–H and O–H groups in total. The van der Waals surface area contributed by atoms with Gasteiger partial charge in [-0.15, -0.1) is 0 Å². The number of esters is 1. The molecule has 0 fully saturated rings. The molecule has 0 bridgehead atoms. The molecule has 0 aromatic heterocycles. The fraction of sp³-hybridized carbons (Fsp3) is 0.357. The van der Waals surface area contributed by atoms with Crippen molar-refractivity contribution >= 4 is 5.97 Å². The molecule has 1 atom stereocenters. The van der Waals surface area contributed by atoms with E-state index in [2.05, 4.69) is 29.1 Å². The van der Waals surface area contributed by atoms with Gasteiger partial charge in [-0.05, 0) is 26.3 Å². The highest BCUT2D eigenvalue weighted by Crippen LogP contribution is 2.14. The molecule has 0 radical (unpaired) electrons. The lowest BCUT2D eigenvalue weighted by Crippen LogP contribution is -2.19. The van der Waals surface area contributed by atoms with Gasteiger partial charge in [0.1, 0.15) is 0 Å². The molecule has 1 rings (SSSR count). The van der Waals surface area contributed by atoms with Crippen molar-refractivity contribution in [2.45, 2.75) is 26.8 Å². The van der Waals surface area contributed by atoms with E-state index in [1.54, 1.807) is 6.92 Å². The lowest BCUT2D eigenvalue weighted by atomic mass is 10.1. The number of carbonyl (C=O) groups is 1. The van der Waals surface area contributed by atoms with Gasteiger partial charge in [0.25, 0.3) is 0 Å². The third-order valence-electron chi connectivity index (χ3n) is 2.79. The second-order valence-corrected chi connectivity index (χ2v) is 4.02. The summed E-state index contributed by atoms with van der Waals surface area (Å²) >= 11 is 0. The van der Waals surface area contributed by atoms with E-state index in [1.165, 1.54) is 12.7 Å². The van der Waals surface area contributed by atoms with Gasteiger partial charge in [-0.3, -0.25) is 0 Å². The van der Waals surface area contributed by atoms with Crippen molar-refractivity contribution in [3.63, 3.8) is 0 Å². The van der Waals surface area contributed by atoms with Crippen molar-refractivity contribution < 1.29 is 9.53 Å². The van der Waals surface area contributed by atoms with Crippen molar-refractivity contribution in [2.75, 3.05) is 7.11 Å². The fourth-order valence-corrected chi connectivity index (χ4v) is 1.56. The van der Waals surface area contributed by atoms with Gasteiger partial charge in [0, 0.05) is 11.7 Å². The van der Waals surface area contributed by atoms with Crippen LogP contribution in [-0.2, 0) is 9.53 Å². The summed E-state index contributed by atoms with van der Waals surface area (Å²) in [7, 11) is 1.39. The maximum absolute atomic E-state index is 11.4. The molecule has 0 aliphatic heterocycles. The predicted octanol–water partition coefficient (Wildman–Crippen LogP) is 2.80. The van der Waals surface area contributed by atoms with Crippen molar-refractivity contribution in [1.29, 1.82) is 0 Å². The summed E-state index contributed by atoms with van der Waals surface area (Å²) in [6.45, 7) is 5.70. The molecule has 1 aromatic rings. The highest BCUT2D eigenvalue weighted by Gasteiger charge is 2.10. The maximum Gasteiger partial charge on any atom is 0.335 e. The van der Waals surface area contributed by atoms with Gasteiger partial charge >= 0.3 is 5.97 Å². The SMILES string of the molecule is COC(=O)/C(C)=C(/C)N[C@H](C)c1ccccc1. The Hall–Kier alpha value is -1.77. The Morgan fingerprint density at radius 3 is 2.35 bits per heavy atom. The second kappa shape index (κ2) is 6.09. The molecule has 17 heavy (non-hydrogen) atoms. The lowest BCUT2D eigenvalue weighted by Gasteiger charge is -2.17. The number of rotatable bonds is 4. The molecule has 0 heterocycles. The Bertz CT molecular complexity index is 409. The summed E-state index contributed by atoms with van der Waals surface area (Å²) in [4.78, 5) is 11.4. The van der Waals surface area contributed by atoms with E-state index in [1.807, 2.05) is 25.1 Å². The minimum absolute atomic E-state index is 0.163. The molecule has 0 amide bonds. The van der Waals surface area contributed by atoms with Crippen LogP contribution in [0.5, 0.6) is 0 Å². The summed E-state index contributed by atoms with van der Waals surface area (Å²) in [5, 5.41) is 3.29. The van der Waals surface area contributed by atoms with E-state index < -0.39 is 0 Å². The van der Waals surface area contributed by atoms with Gasteiger partial charge in [0.2, 0.25) is 0 Å². The maximum atomic E-state index is 11.4. The van der Waals surface area contributed by atoms with Crippen LogP contribution in [0, 0.1) is 0 Å². The first-order chi connectivity index (χ1) is 8.06. The minimum atomic E-state index is -0.296. The summed E-state index contributed by atoms with van der Waals surface area (Å²) in [6.07, 6.45) is 0. The van der Waals surface area contributed by atoms with Crippen LogP contribution in [0.4, 0.5) is 0 Å². The van der Waals surface area contributed by atoms with E-state index in [0.717, 1.165) is 5.70 Å². The van der Waals surface area contributed by atoms with Crippen LogP contribution in [0.1, 0.15) is 32.4 Å². The van der Waals surface area contributed by atoms with Gasteiger partial charge in [-0.2, -0.15) is 0 Å². The molecular weight excluding hydrogens is 214 g/mol. The van der Waals surface area contributed by atoms with Gasteiger partial charge < -0.3 is 10.1 Å². The van der Waals surface area contributed by atoms with Crippen molar-refractivity contribution in [3.8, 4) is 0 Å². The smallest absolute Gasteiger partial charge is 0.335 e. The third-order valence-corrected chi connectivity index (χ3v) is 2.79. The largest absolute Gasteiger partial charge is 0.466 e. The highest BCUT2D eigenvalue weighted by molar-refractivity contribution is 5.88. The average Bonchev–Trinajstić information content (AvgIpc) is 2.37. The molecule has 0 saturated carbocycles. The first kappa shape index (κ1) is 13.3. The number of benzene rings is 1. The molecule has 0 spiro atoms. The molecule has 3 heteroatoms. The Labute approximate surface area is 102 Å². The Kier molecular flexibility index (Phi) is 4.76. The van der Waals surface area contributed by atoms with Gasteiger partial charge in [-0.25, -0.2) is 4.79 Å². The Balaban J connectivity index is 2.75. The van der Waals surface area contributed by atoms with E-state index in [4.69, 9.17) is 0 Å². The molecule has 0 unspecified atom stereocenters. The van der Waals surface area contributed by atoms with Gasteiger partial charge in [0.15, 0.2) is 0 Å². The van der Waals surface area contributed by atoms with Crippen molar-refractivity contribution in [3.05, 3.63) is 47.2 Å². The van der Waals surface area contributed by atoms with Crippen molar-refractivity contribution in [1.82, 2.24) is 5.32 Å². The lowest BCUT2D eigenvalue weighted by molar-refractivity contribution is -0.136. The molecule has 1 aromatic carbocycles. The average molecular weight is 233 g/mol. The summed E-state index contributed by atoms with van der Waals surface area (Å²) < 4.78 is 4.68. The number of nitrogens with one attached hydrogen (secondary N) is 1. The fourth-order valence-electron chi connectivity index (χ4n) is 1.56. The van der Waals surface area contributed by atoms with E-state index >= 15 is 0 Å². The number of methoxy groups -OCH3 is 1. The Morgan fingerprint density at radius 2 is 1.82 bits per heavy atom. The minimum Gasteiger partial charge on any atom is -0.466 e. The number of carbonyl (C=O) groups excluding carboxylic acids is 1.